The van der Waals surface area contributed by atoms with E-state index in [2.05, 4.69) is 10.3 Å². The summed E-state index contributed by atoms with van der Waals surface area (Å²) in [7, 11) is 1.60. The summed E-state index contributed by atoms with van der Waals surface area (Å²) in [6, 6.07) is 14.7. The van der Waals surface area contributed by atoms with Crippen molar-refractivity contribution in [3.05, 3.63) is 64.5 Å². The highest BCUT2D eigenvalue weighted by atomic mass is 32.1. The largest absolute Gasteiger partial charge is 0.497 e. The van der Waals surface area contributed by atoms with Crippen LogP contribution >= 0.6 is 11.3 Å². The number of amides is 1. The molecule has 4 nitrogen and oxygen atoms in total. The molecule has 0 saturated carbocycles. The van der Waals surface area contributed by atoms with Gasteiger partial charge in [-0.2, -0.15) is 0 Å². The molecule has 0 aliphatic carbocycles. The number of rotatable bonds is 4. The molecule has 0 radical (unpaired) electrons. The molecular weight excluding hydrogens is 308 g/mol. The van der Waals surface area contributed by atoms with Gasteiger partial charge < -0.3 is 10.1 Å². The van der Waals surface area contributed by atoms with Crippen LogP contribution in [-0.4, -0.2) is 18.0 Å². The van der Waals surface area contributed by atoms with Crippen molar-refractivity contribution < 1.29 is 9.53 Å². The predicted molar refractivity (Wildman–Crippen MR) is 93.2 cm³/mol. The fraction of sp³-hybridized carbons (Fsp3) is 0.111. The zero-order valence-electron chi connectivity index (χ0n) is 12.9. The third kappa shape index (κ3) is 3.57. The van der Waals surface area contributed by atoms with E-state index in [0.29, 0.717) is 5.56 Å². The van der Waals surface area contributed by atoms with E-state index in [-0.39, 0.29) is 5.91 Å². The first kappa shape index (κ1) is 15.2. The van der Waals surface area contributed by atoms with Crippen LogP contribution in [0, 0.1) is 6.92 Å². The Morgan fingerprint density at radius 3 is 2.35 bits per heavy atom. The minimum atomic E-state index is -0.148. The Hall–Kier alpha value is -2.66. The van der Waals surface area contributed by atoms with Crippen LogP contribution in [0.25, 0.3) is 11.3 Å². The Morgan fingerprint density at radius 2 is 1.78 bits per heavy atom. The molecular formula is C18H16N2O2S. The van der Waals surface area contributed by atoms with E-state index in [1.165, 1.54) is 0 Å². The van der Waals surface area contributed by atoms with E-state index in [9.17, 15) is 4.79 Å². The van der Waals surface area contributed by atoms with Crippen molar-refractivity contribution in [1.29, 1.82) is 0 Å². The molecule has 1 amide bonds. The first-order valence-corrected chi connectivity index (χ1v) is 8.01. The fourth-order valence-electron chi connectivity index (χ4n) is 2.17. The van der Waals surface area contributed by atoms with Crippen molar-refractivity contribution in [2.75, 3.05) is 12.4 Å². The Balaban J connectivity index is 1.71. The molecule has 3 rings (SSSR count). The number of hydrogen-bond acceptors (Lipinski definition) is 4. The fourth-order valence-corrected chi connectivity index (χ4v) is 2.79. The lowest BCUT2D eigenvalue weighted by Gasteiger charge is -2.07. The molecule has 0 fully saturated rings. The quantitative estimate of drug-likeness (QED) is 0.775. The van der Waals surface area contributed by atoms with Crippen LogP contribution in [0.2, 0.25) is 0 Å². The van der Waals surface area contributed by atoms with Crippen LogP contribution in [-0.2, 0) is 0 Å². The van der Waals surface area contributed by atoms with Crippen LogP contribution < -0.4 is 10.1 Å². The first-order valence-electron chi connectivity index (χ1n) is 7.13. The van der Waals surface area contributed by atoms with E-state index in [4.69, 9.17) is 4.74 Å². The van der Waals surface area contributed by atoms with Gasteiger partial charge in [0.2, 0.25) is 0 Å². The van der Waals surface area contributed by atoms with Crippen LogP contribution in [0.4, 0.5) is 5.69 Å². The molecule has 0 saturated heterocycles. The van der Waals surface area contributed by atoms with Crippen molar-refractivity contribution in [1.82, 2.24) is 4.98 Å². The van der Waals surface area contributed by atoms with Gasteiger partial charge in [0.1, 0.15) is 5.75 Å². The zero-order chi connectivity index (χ0) is 16.2. The molecule has 0 spiro atoms. The van der Waals surface area contributed by atoms with Crippen molar-refractivity contribution in [3.8, 4) is 17.0 Å². The second kappa shape index (κ2) is 6.62. The van der Waals surface area contributed by atoms with Gasteiger partial charge in [0, 0.05) is 22.2 Å². The number of nitrogens with zero attached hydrogens (tertiary/aromatic N) is 1. The smallest absolute Gasteiger partial charge is 0.255 e. The van der Waals surface area contributed by atoms with E-state index in [1.54, 1.807) is 42.7 Å². The summed E-state index contributed by atoms with van der Waals surface area (Å²) in [6.07, 6.45) is 0. The molecule has 0 bridgehead atoms. The Kier molecular flexibility index (Phi) is 4.39. The van der Waals surface area contributed by atoms with Crippen LogP contribution in [0.1, 0.15) is 15.4 Å². The second-order valence-corrected chi connectivity index (χ2v) is 6.07. The number of benzene rings is 2. The predicted octanol–water partition coefficient (Wildman–Crippen LogP) is 4.38. The molecule has 23 heavy (non-hydrogen) atoms. The SMILES string of the molecule is COc1ccc(C(=O)Nc2ccc(-c3csc(C)n3)cc2)cc1. The molecule has 1 heterocycles. The molecule has 1 aromatic heterocycles. The topological polar surface area (TPSA) is 51.2 Å². The van der Waals surface area contributed by atoms with E-state index in [1.807, 2.05) is 36.6 Å². The van der Waals surface area contributed by atoms with Gasteiger partial charge >= 0.3 is 0 Å². The van der Waals surface area contributed by atoms with E-state index >= 15 is 0 Å². The second-order valence-electron chi connectivity index (χ2n) is 5.01. The lowest BCUT2D eigenvalue weighted by atomic mass is 10.1. The number of thiazole rings is 1. The zero-order valence-corrected chi connectivity index (χ0v) is 13.7. The molecule has 0 unspecified atom stereocenters. The van der Waals surface area contributed by atoms with Gasteiger partial charge in [-0.05, 0) is 43.3 Å². The van der Waals surface area contributed by atoms with Gasteiger partial charge in [-0.1, -0.05) is 12.1 Å². The van der Waals surface area contributed by atoms with Crippen LogP contribution in [0.3, 0.4) is 0 Å². The number of carbonyl (C=O) groups excluding carboxylic acids is 1. The molecule has 3 aromatic rings. The van der Waals surface area contributed by atoms with Gasteiger partial charge in [0.15, 0.2) is 0 Å². The standard InChI is InChI=1S/C18H16N2O2S/c1-12-19-17(11-23-12)13-3-7-15(8-4-13)20-18(21)14-5-9-16(22-2)10-6-14/h3-11H,1-2H3,(H,20,21). The number of aromatic nitrogens is 1. The molecule has 0 aliphatic rings. The number of ether oxygens (including phenoxy) is 1. The lowest BCUT2D eigenvalue weighted by Crippen LogP contribution is -2.11. The van der Waals surface area contributed by atoms with E-state index in [0.717, 1.165) is 27.7 Å². The average Bonchev–Trinajstić information content (AvgIpc) is 3.02. The maximum atomic E-state index is 12.2. The normalized spacial score (nSPS) is 10.3. The van der Waals surface area contributed by atoms with Crippen molar-refractivity contribution in [2.45, 2.75) is 6.92 Å². The number of methoxy groups -OCH3 is 1. The van der Waals surface area contributed by atoms with Crippen molar-refractivity contribution in [3.63, 3.8) is 0 Å². The van der Waals surface area contributed by atoms with Crippen LogP contribution in [0.5, 0.6) is 5.75 Å². The van der Waals surface area contributed by atoms with Gasteiger partial charge in [-0.3, -0.25) is 4.79 Å². The molecule has 0 aliphatic heterocycles. The monoisotopic (exact) mass is 324 g/mol. The Bertz CT molecular complexity index is 808. The van der Waals surface area contributed by atoms with Gasteiger partial charge in [-0.15, -0.1) is 11.3 Å². The summed E-state index contributed by atoms with van der Waals surface area (Å²) < 4.78 is 5.09. The number of carbonyl (C=O) groups is 1. The van der Waals surface area contributed by atoms with Gasteiger partial charge in [0.25, 0.3) is 5.91 Å². The maximum absolute atomic E-state index is 12.2. The molecule has 1 N–H and O–H groups in total. The van der Waals surface area contributed by atoms with Crippen LogP contribution in [0.15, 0.2) is 53.9 Å². The summed E-state index contributed by atoms with van der Waals surface area (Å²) in [6.45, 7) is 1.98. The highest BCUT2D eigenvalue weighted by Crippen LogP contribution is 2.23. The molecule has 116 valence electrons. The van der Waals surface area contributed by atoms with Gasteiger partial charge in [0.05, 0.1) is 17.8 Å². The van der Waals surface area contributed by atoms with Gasteiger partial charge in [-0.25, -0.2) is 4.98 Å². The van der Waals surface area contributed by atoms with Crippen molar-refractivity contribution in [2.24, 2.45) is 0 Å². The summed E-state index contributed by atoms with van der Waals surface area (Å²) >= 11 is 1.62. The highest BCUT2D eigenvalue weighted by molar-refractivity contribution is 7.09. The number of nitrogens with one attached hydrogen (secondary N) is 1. The average molecular weight is 324 g/mol. The maximum Gasteiger partial charge on any atom is 0.255 e. The summed E-state index contributed by atoms with van der Waals surface area (Å²) in [5, 5.41) is 5.95. The summed E-state index contributed by atoms with van der Waals surface area (Å²) in [5.41, 5.74) is 3.34. The van der Waals surface area contributed by atoms with Crippen molar-refractivity contribution >= 4 is 22.9 Å². The number of anilines is 1. The minimum Gasteiger partial charge on any atom is -0.497 e. The third-order valence-electron chi connectivity index (χ3n) is 3.41. The Morgan fingerprint density at radius 1 is 1.09 bits per heavy atom. The number of aryl methyl sites for hydroxylation is 1. The lowest BCUT2D eigenvalue weighted by molar-refractivity contribution is 0.102. The summed E-state index contributed by atoms with van der Waals surface area (Å²) in [4.78, 5) is 16.7. The molecule has 0 atom stereocenters. The van der Waals surface area contributed by atoms with E-state index < -0.39 is 0 Å². The molecule has 5 heteroatoms. The molecule has 2 aromatic carbocycles. The minimum absolute atomic E-state index is 0.148. The Labute approximate surface area is 138 Å². The number of hydrogen-bond donors (Lipinski definition) is 1. The summed E-state index contributed by atoms with van der Waals surface area (Å²) in [5.74, 6) is 0.578. The third-order valence-corrected chi connectivity index (χ3v) is 4.18. The highest BCUT2D eigenvalue weighted by Gasteiger charge is 2.07. The first-order chi connectivity index (χ1) is 11.2.